The molecule has 54 valence electrons. The minimum Gasteiger partial charge on any atom is -0.295 e. The topological polar surface area (TPSA) is 15.3 Å². The van der Waals surface area contributed by atoms with E-state index in [2.05, 4.69) is 31.1 Å². The molecule has 0 bridgehead atoms. The van der Waals surface area contributed by atoms with Gasteiger partial charge in [-0.25, -0.2) is 0 Å². The van der Waals surface area contributed by atoms with Gasteiger partial charge in [-0.1, -0.05) is 0 Å². The van der Waals surface area contributed by atoms with Gasteiger partial charge in [0.1, 0.15) is 0 Å². The smallest absolute Gasteiger partial charge is 0.0634 e. The summed E-state index contributed by atoms with van der Waals surface area (Å²) in [5.41, 5.74) is 0. The maximum atomic E-state index is 3.28. The number of thioether (sulfide) groups is 1. The second-order valence-corrected chi connectivity index (χ2v) is 4.42. The average Bonchev–Trinajstić information content (AvgIpc) is 1.77. The van der Waals surface area contributed by atoms with Crippen LogP contribution in [-0.2, 0) is 0 Å². The minimum atomic E-state index is 0.325. The Hall–Kier alpha value is 0.270. The summed E-state index contributed by atoms with van der Waals surface area (Å²) in [6.07, 6.45) is 0. The second kappa shape index (κ2) is 2.48. The van der Waals surface area contributed by atoms with E-state index in [1.807, 2.05) is 11.8 Å². The van der Waals surface area contributed by atoms with Gasteiger partial charge in [0.2, 0.25) is 0 Å². The van der Waals surface area contributed by atoms with Gasteiger partial charge >= 0.3 is 0 Å². The summed E-state index contributed by atoms with van der Waals surface area (Å²) in [7, 11) is 2.14. The summed E-state index contributed by atoms with van der Waals surface area (Å²) in [5.74, 6) is 1.08. The molecular formula is C6H14N2S. The maximum Gasteiger partial charge on any atom is 0.0634 e. The van der Waals surface area contributed by atoms with Crippen LogP contribution in [0.1, 0.15) is 13.8 Å². The van der Waals surface area contributed by atoms with E-state index >= 15 is 0 Å². The van der Waals surface area contributed by atoms with Crippen LogP contribution in [0.4, 0.5) is 0 Å². The summed E-state index contributed by atoms with van der Waals surface area (Å²) >= 11 is 1.94. The van der Waals surface area contributed by atoms with Crippen LogP contribution in [0.2, 0.25) is 0 Å². The highest BCUT2D eigenvalue weighted by Crippen LogP contribution is 2.28. The Morgan fingerprint density at radius 1 is 1.56 bits per heavy atom. The lowest BCUT2D eigenvalue weighted by atomic mass is 10.3. The quantitative estimate of drug-likeness (QED) is 0.547. The summed E-state index contributed by atoms with van der Waals surface area (Å²) < 4.78 is 0. The molecule has 2 nitrogen and oxygen atoms in total. The van der Waals surface area contributed by atoms with Crippen LogP contribution in [-0.4, -0.2) is 29.4 Å². The minimum absolute atomic E-state index is 0.325. The third-order valence-corrected chi connectivity index (χ3v) is 3.16. The Labute approximate surface area is 61.0 Å². The Kier molecular flexibility index (Phi) is 2.03. The predicted octanol–water partition coefficient (Wildman–Crippen LogP) is 0.906. The number of rotatable bonds is 0. The first kappa shape index (κ1) is 7.38. The molecule has 9 heavy (non-hydrogen) atoms. The van der Waals surface area contributed by atoms with E-state index in [1.165, 1.54) is 0 Å². The van der Waals surface area contributed by atoms with Gasteiger partial charge in [0.05, 0.1) is 4.87 Å². The van der Waals surface area contributed by atoms with E-state index in [-0.39, 0.29) is 0 Å². The fraction of sp³-hybridized carbons (Fsp3) is 1.00. The molecule has 0 atom stereocenters. The summed E-state index contributed by atoms with van der Waals surface area (Å²) in [4.78, 5) is 2.63. The molecule has 0 saturated carbocycles. The van der Waals surface area contributed by atoms with Gasteiger partial charge in [-0.2, -0.15) is 0 Å². The first-order valence-electron chi connectivity index (χ1n) is 3.19. The van der Waals surface area contributed by atoms with Crippen LogP contribution in [0.15, 0.2) is 0 Å². The molecule has 0 radical (unpaired) electrons. The van der Waals surface area contributed by atoms with Crippen LogP contribution in [0.25, 0.3) is 0 Å². The van der Waals surface area contributed by atoms with Gasteiger partial charge in [-0.05, 0) is 20.9 Å². The number of hydrogen-bond acceptors (Lipinski definition) is 3. The van der Waals surface area contributed by atoms with E-state index < -0.39 is 0 Å². The first-order chi connectivity index (χ1) is 4.13. The van der Waals surface area contributed by atoms with Gasteiger partial charge in [-0.3, -0.25) is 10.2 Å². The van der Waals surface area contributed by atoms with E-state index in [1.54, 1.807) is 0 Å². The average molecular weight is 146 g/mol. The highest BCUT2D eigenvalue weighted by Gasteiger charge is 2.26. The van der Waals surface area contributed by atoms with Crippen molar-refractivity contribution in [1.82, 2.24) is 10.2 Å². The molecule has 3 heteroatoms. The summed E-state index contributed by atoms with van der Waals surface area (Å²) in [6.45, 7) is 5.51. The highest BCUT2D eigenvalue weighted by atomic mass is 32.2. The molecule has 1 saturated heterocycles. The molecule has 1 heterocycles. The summed E-state index contributed by atoms with van der Waals surface area (Å²) in [6, 6.07) is 0. The van der Waals surface area contributed by atoms with Crippen molar-refractivity contribution < 1.29 is 0 Å². The largest absolute Gasteiger partial charge is 0.295 e. The lowest BCUT2D eigenvalue weighted by molar-refractivity contribution is 0.219. The normalized spacial score (nSPS) is 28.3. The van der Waals surface area contributed by atoms with Crippen molar-refractivity contribution in [1.29, 1.82) is 0 Å². The standard InChI is InChI=1S/C6H14N2S/c1-6(2)8(3)4-7-5-9-6/h7H,4-5H2,1-3H3. The predicted molar refractivity (Wildman–Crippen MR) is 42.3 cm³/mol. The SMILES string of the molecule is CN1CNCSC1(C)C. The van der Waals surface area contributed by atoms with Gasteiger partial charge in [0, 0.05) is 12.5 Å². The third-order valence-electron chi connectivity index (χ3n) is 1.80. The lowest BCUT2D eigenvalue weighted by Gasteiger charge is -2.39. The maximum absolute atomic E-state index is 3.28. The molecule has 0 unspecified atom stereocenters. The molecule has 0 spiro atoms. The van der Waals surface area contributed by atoms with Gasteiger partial charge in [-0.15, -0.1) is 11.8 Å². The van der Waals surface area contributed by atoms with Crippen molar-refractivity contribution in [2.45, 2.75) is 18.7 Å². The van der Waals surface area contributed by atoms with Crippen molar-refractivity contribution >= 4 is 11.8 Å². The molecule has 1 aliphatic rings. The van der Waals surface area contributed by atoms with Crippen molar-refractivity contribution in [2.75, 3.05) is 19.6 Å². The summed E-state index contributed by atoms with van der Waals surface area (Å²) in [5, 5.41) is 3.28. The zero-order valence-corrected chi connectivity index (χ0v) is 7.09. The van der Waals surface area contributed by atoms with Crippen LogP contribution in [0.3, 0.4) is 0 Å². The van der Waals surface area contributed by atoms with Gasteiger partial charge in [0.25, 0.3) is 0 Å². The highest BCUT2D eigenvalue weighted by molar-refractivity contribution is 8.00. The molecule has 0 amide bonds. The molecule has 1 fully saturated rings. The Morgan fingerprint density at radius 2 is 2.22 bits per heavy atom. The third kappa shape index (κ3) is 1.60. The Morgan fingerprint density at radius 3 is 2.56 bits per heavy atom. The second-order valence-electron chi connectivity index (χ2n) is 2.84. The Balaban J connectivity index is 2.49. The number of nitrogens with one attached hydrogen (secondary N) is 1. The molecular weight excluding hydrogens is 132 g/mol. The van der Waals surface area contributed by atoms with Crippen LogP contribution in [0, 0.1) is 0 Å². The monoisotopic (exact) mass is 146 g/mol. The van der Waals surface area contributed by atoms with E-state index in [0.29, 0.717) is 4.87 Å². The number of hydrogen-bond donors (Lipinski definition) is 1. The van der Waals surface area contributed by atoms with Crippen molar-refractivity contribution in [3.05, 3.63) is 0 Å². The van der Waals surface area contributed by atoms with Crippen LogP contribution in [0.5, 0.6) is 0 Å². The van der Waals surface area contributed by atoms with E-state index in [4.69, 9.17) is 0 Å². The molecule has 0 aliphatic carbocycles. The zero-order valence-electron chi connectivity index (χ0n) is 6.27. The number of nitrogens with zero attached hydrogens (tertiary/aromatic N) is 1. The van der Waals surface area contributed by atoms with Crippen molar-refractivity contribution in [3.63, 3.8) is 0 Å². The molecule has 0 aromatic rings. The molecule has 1 N–H and O–H groups in total. The Bertz CT molecular complexity index is 103. The molecule has 1 rings (SSSR count). The fourth-order valence-electron chi connectivity index (χ4n) is 0.742. The first-order valence-corrected chi connectivity index (χ1v) is 4.17. The molecule has 0 aromatic carbocycles. The van der Waals surface area contributed by atoms with Gasteiger partial charge in [0.15, 0.2) is 0 Å². The fourth-order valence-corrected chi connectivity index (χ4v) is 1.57. The van der Waals surface area contributed by atoms with Gasteiger partial charge < -0.3 is 0 Å². The van der Waals surface area contributed by atoms with Crippen LogP contribution < -0.4 is 5.32 Å². The van der Waals surface area contributed by atoms with Crippen molar-refractivity contribution in [3.8, 4) is 0 Å². The van der Waals surface area contributed by atoms with E-state index in [0.717, 1.165) is 12.5 Å². The molecule has 1 aliphatic heterocycles. The van der Waals surface area contributed by atoms with Crippen LogP contribution >= 0.6 is 11.8 Å². The zero-order chi connectivity index (χ0) is 6.91. The lowest BCUT2D eigenvalue weighted by Crippen LogP contribution is -2.48. The molecule has 0 aromatic heterocycles. The van der Waals surface area contributed by atoms with Crippen molar-refractivity contribution in [2.24, 2.45) is 0 Å². The van der Waals surface area contributed by atoms with E-state index in [9.17, 15) is 0 Å².